The molecule has 1 heterocycles. The molecular formula is C11H18N4O. The van der Waals surface area contributed by atoms with Crippen molar-refractivity contribution in [1.82, 2.24) is 15.3 Å². The molecule has 0 atom stereocenters. The van der Waals surface area contributed by atoms with Gasteiger partial charge in [0.25, 0.3) is 0 Å². The maximum Gasteiger partial charge on any atom is 0.239 e. The van der Waals surface area contributed by atoms with Crippen molar-refractivity contribution in [2.45, 2.75) is 20.8 Å². The number of aryl methyl sites for hydroxylation is 1. The number of amides is 1. The highest BCUT2D eigenvalue weighted by atomic mass is 16.2. The number of hydrogen-bond acceptors (Lipinski definition) is 4. The number of rotatable bonds is 5. The number of carbonyl (C=O) groups is 1. The molecule has 0 aliphatic carbocycles. The SMILES string of the molecule is CCNC(=O)CN(CC)c1ccnc(C)n1. The van der Waals surface area contributed by atoms with Crippen LogP contribution in [0.1, 0.15) is 19.7 Å². The van der Waals surface area contributed by atoms with E-state index in [9.17, 15) is 4.79 Å². The molecule has 0 spiro atoms. The average Bonchev–Trinajstić information content (AvgIpc) is 2.26. The van der Waals surface area contributed by atoms with Crippen molar-refractivity contribution in [1.29, 1.82) is 0 Å². The first kappa shape index (κ1) is 12.4. The maximum atomic E-state index is 11.5. The van der Waals surface area contributed by atoms with Crippen molar-refractivity contribution in [2.24, 2.45) is 0 Å². The molecule has 0 saturated heterocycles. The summed E-state index contributed by atoms with van der Waals surface area (Å²) < 4.78 is 0. The summed E-state index contributed by atoms with van der Waals surface area (Å²) in [5.41, 5.74) is 0. The largest absolute Gasteiger partial charge is 0.355 e. The zero-order valence-electron chi connectivity index (χ0n) is 10.0. The van der Waals surface area contributed by atoms with Gasteiger partial charge in [0, 0.05) is 19.3 Å². The average molecular weight is 222 g/mol. The number of aromatic nitrogens is 2. The summed E-state index contributed by atoms with van der Waals surface area (Å²) in [7, 11) is 0. The molecule has 0 aromatic carbocycles. The third kappa shape index (κ3) is 3.49. The molecule has 0 saturated carbocycles. The van der Waals surface area contributed by atoms with E-state index in [1.807, 2.05) is 31.7 Å². The summed E-state index contributed by atoms with van der Waals surface area (Å²) in [6.45, 7) is 7.47. The predicted molar refractivity (Wildman–Crippen MR) is 63.3 cm³/mol. The lowest BCUT2D eigenvalue weighted by Crippen LogP contribution is -2.37. The van der Waals surface area contributed by atoms with Crippen molar-refractivity contribution in [3.8, 4) is 0 Å². The van der Waals surface area contributed by atoms with Crippen molar-refractivity contribution in [3.05, 3.63) is 18.1 Å². The standard InChI is InChI=1S/C11H18N4O/c1-4-12-11(16)8-15(5-2)10-6-7-13-9(3)14-10/h6-7H,4-5,8H2,1-3H3,(H,12,16). The zero-order valence-corrected chi connectivity index (χ0v) is 10.0. The lowest BCUT2D eigenvalue weighted by atomic mass is 10.4. The first-order chi connectivity index (χ1) is 7.67. The molecule has 0 aliphatic heterocycles. The van der Waals surface area contributed by atoms with Gasteiger partial charge in [-0.15, -0.1) is 0 Å². The van der Waals surface area contributed by atoms with Crippen LogP contribution in [0.15, 0.2) is 12.3 Å². The number of likely N-dealkylation sites (N-methyl/N-ethyl adjacent to an activating group) is 2. The minimum atomic E-state index is 0.0145. The van der Waals surface area contributed by atoms with Gasteiger partial charge in [0.1, 0.15) is 11.6 Å². The van der Waals surface area contributed by atoms with Crippen LogP contribution in [-0.4, -0.2) is 35.5 Å². The second kappa shape index (κ2) is 6.05. The highest BCUT2D eigenvalue weighted by molar-refractivity contribution is 5.80. The Labute approximate surface area is 95.9 Å². The van der Waals surface area contributed by atoms with Crippen LogP contribution < -0.4 is 10.2 Å². The number of hydrogen-bond donors (Lipinski definition) is 1. The number of nitrogens with one attached hydrogen (secondary N) is 1. The summed E-state index contributed by atoms with van der Waals surface area (Å²) in [5.74, 6) is 1.52. The molecule has 88 valence electrons. The maximum absolute atomic E-state index is 11.5. The van der Waals surface area contributed by atoms with Gasteiger partial charge in [-0.1, -0.05) is 0 Å². The highest BCUT2D eigenvalue weighted by Crippen LogP contribution is 2.08. The molecule has 1 N–H and O–H groups in total. The van der Waals surface area contributed by atoms with Crippen LogP contribution in [0, 0.1) is 6.92 Å². The third-order valence-electron chi connectivity index (χ3n) is 2.18. The topological polar surface area (TPSA) is 58.1 Å². The Hall–Kier alpha value is -1.65. The molecule has 16 heavy (non-hydrogen) atoms. The Bertz CT molecular complexity index is 354. The normalized spacial score (nSPS) is 9.94. The van der Waals surface area contributed by atoms with Gasteiger partial charge in [0.2, 0.25) is 5.91 Å². The molecule has 1 amide bonds. The van der Waals surface area contributed by atoms with E-state index < -0.39 is 0 Å². The fraction of sp³-hybridized carbons (Fsp3) is 0.545. The van der Waals surface area contributed by atoms with Crippen LogP contribution in [-0.2, 0) is 4.79 Å². The van der Waals surface area contributed by atoms with Gasteiger partial charge in [0.05, 0.1) is 6.54 Å². The summed E-state index contributed by atoms with van der Waals surface area (Å²) >= 11 is 0. The van der Waals surface area contributed by atoms with Crippen LogP contribution in [0.5, 0.6) is 0 Å². The second-order valence-electron chi connectivity index (χ2n) is 3.43. The molecule has 0 fully saturated rings. The Balaban J connectivity index is 2.70. The van der Waals surface area contributed by atoms with E-state index in [1.165, 1.54) is 0 Å². The van der Waals surface area contributed by atoms with Crippen molar-refractivity contribution < 1.29 is 4.79 Å². The number of nitrogens with zero attached hydrogens (tertiary/aromatic N) is 3. The van der Waals surface area contributed by atoms with Gasteiger partial charge in [-0.25, -0.2) is 9.97 Å². The molecule has 1 aromatic heterocycles. The molecule has 5 nitrogen and oxygen atoms in total. The third-order valence-corrected chi connectivity index (χ3v) is 2.18. The van der Waals surface area contributed by atoms with E-state index in [2.05, 4.69) is 15.3 Å². The summed E-state index contributed by atoms with van der Waals surface area (Å²) in [5, 5.41) is 2.77. The van der Waals surface area contributed by atoms with Crippen LogP contribution in [0.2, 0.25) is 0 Å². The van der Waals surface area contributed by atoms with Gasteiger partial charge in [-0.05, 0) is 26.8 Å². The number of anilines is 1. The van der Waals surface area contributed by atoms with Gasteiger partial charge in [0.15, 0.2) is 0 Å². The lowest BCUT2D eigenvalue weighted by Gasteiger charge is -2.21. The molecule has 0 aliphatic rings. The lowest BCUT2D eigenvalue weighted by molar-refractivity contribution is -0.119. The van der Waals surface area contributed by atoms with Crippen LogP contribution in [0.4, 0.5) is 5.82 Å². The summed E-state index contributed by atoms with van der Waals surface area (Å²) in [6, 6.07) is 1.82. The van der Waals surface area contributed by atoms with E-state index in [-0.39, 0.29) is 5.91 Å². The Morgan fingerprint density at radius 2 is 2.25 bits per heavy atom. The molecule has 0 unspecified atom stereocenters. The Morgan fingerprint density at radius 3 is 2.81 bits per heavy atom. The van der Waals surface area contributed by atoms with Gasteiger partial charge >= 0.3 is 0 Å². The fourth-order valence-corrected chi connectivity index (χ4v) is 1.40. The molecule has 0 bridgehead atoms. The quantitative estimate of drug-likeness (QED) is 0.798. The summed E-state index contributed by atoms with van der Waals surface area (Å²) in [4.78, 5) is 21.7. The molecule has 0 radical (unpaired) electrons. The first-order valence-electron chi connectivity index (χ1n) is 5.48. The van der Waals surface area contributed by atoms with E-state index in [4.69, 9.17) is 0 Å². The smallest absolute Gasteiger partial charge is 0.239 e. The van der Waals surface area contributed by atoms with Crippen molar-refractivity contribution in [2.75, 3.05) is 24.5 Å². The summed E-state index contributed by atoms with van der Waals surface area (Å²) in [6.07, 6.45) is 1.71. The van der Waals surface area contributed by atoms with E-state index in [1.54, 1.807) is 6.20 Å². The minimum absolute atomic E-state index is 0.0145. The van der Waals surface area contributed by atoms with E-state index >= 15 is 0 Å². The highest BCUT2D eigenvalue weighted by Gasteiger charge is 2.10. The van der Waals surface area contributed by atoms with Crippen LogP contribution in [0.3, 0.4) is 0 Å². The zero-order chi connectivity index (χ0) is 12.0. The van der Waals surface area contributed by atoms with Crippen molar-refractivity contribution in [3.63, 3.8) is 0 Å². The minimum Gasteiger partial charge on any atom is -0.355 e. The molecule has 1 rings (SSSR count). The molecule has 5 heteroatoms. The van der Waals surface area contributed by atoms with Gasteiger partial charge < -0.3 is 10.2 Å². The Morgan fingerprint density at radius 1 is 1.50 bits per heavy atom. The van der Waals surface area contributed by atoms with Crippen LogP contribution in [0.25, 0.3) is 0 Å². The van der Waals surface area contributed by atoms with Gasteiger partial charge in [-0.2, -0.15) is 0 Å². The molecule has 1 aromatic rings. The van der Waals surface area contributed by atoms with Crippen molar-refractivity contribution >= 4 is 11.7 Å². The first-order valence-corrected chi connectivity index (χ1v) is 5.48. The monoisotopic (exact) mass is 222 g/mol. The Kier molecular flexibility index (Phi) is 4.69. The van der Waals surface area contributed by atoms with E-state index in [0.29, 0.717) is 18.9 Å². The molecular weight excluding hydrogens is 204 g/mol. The number of carbonyl (C=O) groups excluding carboxylic acids is 1. The van der Waals surface area contributed by atoms with E-state index in [0.717, 1.165) is 12.4 Å². The predicted octanol–water partition coefficient (Wildman–Crippen LogP) is 0.747. The second-order valence-corrected chi connectivity index (χ2v) is 3.43. The van der Waals surface area contributed by atoms with Gasteiger partial charge in [-0.3, -0.25) is 4.79 Å². The van der Waals surface area contributed by atoms with Crippen LogP contribution >= 0.6 is 0 Å². The fourth-order valence-electron chi connectivity index (χ4n) is 1.40.